The summed E-state index contributed by atoms with van der Waals surface area (Å²) in [6, 6.07) is 5.26. The van der Waals surface area contributed by atoms with Crippen LogP contribution >= 0.6 is 12.6 Å². The molecule has 3 N–H and O–H groups in total. The smallest absolute Gasteiger partial charge is 0.416 e. The number of carbonyl (C=O) groups excluding carboxylic acids is 2. The van der Waals surface area contributed by atoms with E-state index in [4.69, 9.17) is 9.47 Å². The third kappa shape index (κ3) is 26.0. The van der Waals surface area contributed by atoms with Gasteiger partial charge in [0.15, 0.2) is 0 Å². The Morgan fingerprint density at radius 3 is 2.29 bits per heavy atom. The number of piperidine rings is 1. The maximum Gasteiger partial charge on any atom is 0.416 e. The second-order valence-electron chi connectivity index (χ2n) is 9.51. The van der Waals surface area contributed by atoms with Gasteiger partial charge >= 0.3 is 6.18 Å². The van der Waals surface area contributed by atoms with E-state index in [1.54, 1.807) is 7.11 Å². The Morgan fingerprint density at radius 2 is 1.87 bits per heavy atom. The lowest BCUT2D eigenvalue weighted by molar-refractivity contribution is -0.137. The Morgan fingerprint density at radius 1 is 1.20 bits per heavy atom. The molecule has 2 saturated heterocycles. The van der Waals surface area contributed by atoms with Crippen molar-refractivity contribution in [3.8, 4) is 12.5 Å². The summed E-state index contributed by atoms with van der Waals surface area (Å²) in [6.45, 7) is 10.1. The monoisotopic (exact) mass is 659 g/mol. The van der Waals surface area contributed by atoms with Crippen LogP contribution in [-0.2, 0) is 30.0 Å². The Bertz CT molecular complexity index is 989. The van der Waals surface area contributed by atoms with Crippen molar-refractivity contribution < 1.29 is 37.0 Å². The molecule has 12 heteroatoms. The van der Waals surface area contributed by atoms with Gasteiger partial charge in [0.25, 0.3) is 0 Å². The fourth-order valence-electron chi connectivity index (χ4n) is 3.73. The van der Waals surface area contributed by atoms with Gasteiger partial charge in [-0.3, -0.25) is 9.59 Å². The van der Waals surface area contributed by atoms with Gasteiger partial charge in [0, 0.05) is 37.8 Å². The summed E-state index contributed by atoms with van der Waals surface area (Å²) in [7, 11) is 3.14. The molecule has 3 rings (SSSR count). The molecule has 2 heterocycles. The van der Waals surface area contributed by atoms with E-state index in [0.29, 0.717) is 17.5 Å². The van der Waals surface area contributed by atoms with E-state index in [9.17, 15) is 22.8 Å². The summed E-state index contributed by atoms with van der Waals surface area (Å²) >= 11 is 3.79. The number of nitrogens with one attached hydrogen (secondary N) is 3. The van der Waals surface area contributed by atoms with Gasteiger partial charge in [-0.25, -0.2) is 0 Å². The number of carbonyl (C=O) groups is 2. The van der Waals surface area contributed by atoms with E-state index >= 15 is 0 Å². The molecule has 0 spiro atoms. The highest BCUT2D eigenvalue weighted by molar-refractivity contribution is 7.80. The molecule has 0 bridgehead atoms. The van der Waals surface area contributed by atoms with Crippen LogP contribution in [0.4, 0.5) is 13.2 Å². The van der Waals surface area contributed by atoms with Crippen molar-refractivity contribution in [3.05, 3.63) is 53.6 Å². The van der Waals surface area contributed by atoms with E-state index in [2.05, 4.69) is 65.7 Å². The van der Waals surface area contributed by atoms with Crippen molar-refractivity contribution in [2.75, 3.05) is 47.1 Å². The summed E-state index contributed by atoms with van der Waals surface area (Å²) in [5.41, 5.74) is 0.696. The van der Waals surface area contributed by atoms with Gasteiger partial charge in [-0.05, 0) is 70.7 Å². The van der Waals surface area contributed by atoms with Crippen molar-refractivity contribution >= 4 is 24.9 Å². The number of thiol groups is 1. The maximum atomic E-state index is 11.9. The number of benzene rings is 1. The van der Waals surface area contributed by atoms with E-state index in [-0.39, 0.29) is 11.9 Å². The minimum absolute atomic E-state index is 0.0729. The quantitative estimate of drug-likeness (QED) is 0.119. The SMILES string of the molecule is C#COC.C/C=C(\C=C/COC)CC.CCNC(=O)C1CCCCN1.FC(F)(F)c1cccc(S)c1.O=CNC1CCOCC1. The fraction of sp³-hybridized carbons (Fsp3) is 0.576. The molecule has 1 aromatic carbocycles. The van der Waals surface area contributed by atoms with Crippen molar-refractivity contribution in [1.82, 2.24) is 16.0 Å². The Balaban J connectivity index is 0. The molecule has 45 heavy (non-hydrogen) atoms. The molecule has 2 fully saturated rings. The first kappa shape index (κ1) is 44.1. The Kier molecular flexibility index (Phi) is 29.2. The van der Waals surface area contributed by atoms with Crippen LogP contribution in [-0.4, -0.2) is 71.5 Å². The van der Waals surface area contributed by atoms with Crippen LogP contribution in [0.25, 0.3) is 0 Å². The molecular formula is C33H52F3N3O5S. The number of amides is 2. The van der Waals surface area contributed by atoms with Gasteiger partial charge in [0.05, 0.1) is 25.3 Å². The Hall–Kier alpha value is -2.98. The number of alkyl halides is 3. The summed E-state index contributed by atoms with van der Waals surface area (Å²) in [5.74, 6) is 0.159. The molecule has 1 aromatic rings. The normalized spacial score (nSPS) is 16.4. The molecule has 1 unspecified atom stereocenters. The molecule has 0 aliphatic carbocycles. The topological polar surface area (TPSA) is 97.9 Å². The number of halogens is 3. The largest absolute Gasteiger partial charge is 0.450 e. The number of ether oxygens (including phenoxy) is 3. The van der Waals surface area contributed by atoms with Crippen LogP contribution in [0.5, 0.6) is 0 Å². The number of hydrogen-bond acceptors (Lipinski definition) is 7. The molecule has 256 valence electrons. The molecule has 8 nitrogen and oxygen atoms in total. The molecule has 2 amide bonds. The highest BCUT2D eigenvalue weighted by Crippen LogP contribution is 2.30. The van der Waals surface area contributed by atoms with Gasteiger partial charge in [0.1, 0.15) is 6.11 Å². The van der Waals surface area contributed by atoms with E-state index in [0.717, 1.165) is 70.5 Å². The standard InChI is InChI=1S/C9H16O.C8H16N2O.C7H5F3S.C6H11NO2.C3H4O/c1-4-9(5-2)7-6-8-10-3;1-2-9-8(11)7-5-3-4-6-10-7;8-7(9,10)5-2-1-3-6(11)4-5;8-5-7-6-1-3-9-4-2-6;1-3-4-2/h4,6-7H,5,8H2,1-3H3;7,10H,2-6H2,1H3,(H,9,11);1-4,11H;5-6H,1-4H2,(H,7,8);1H,2H3/b7-6-,9-4-;;;;. The second kappa shape index (κ2) is 29.7. The lowest BCUT2D eigenvalue weighted by Crippen LogP contribution is -2.46. The second-order valence-corrected chi connectivity index (χ2v) is 10.0. The molecule has 1 atom stereocenters. The van der Waals surface area contributed by atoms with Gasteiger partial charge in [-0.1, -0.05) is 49.6 Å². The summed E-state index contributed by atoms with van der Waals surface area (Å²) in [6.07, 6.45) is 15.6. The van der Waals surface area contributed by atoms with Crippen LogP contribution in [0.3, 0.4) is 0 Å². The van der Waals surface area contributed by atoms with Crippen LogP contribution in [0, 0.1) is 12.5 Å². The van der Waals surface area contributed by atoms with Crippen molar-refractivity contribution in [2.24, 2.45) is 0 Å². The van der Waals surface area contributed by atoms with Gasteiger partial charge in [-0.2, -0.15) is 13.2 Å². The zero-order valence-corrected chi connectivity index (χ0v) is 28.1. The van der Waals surface area contributed by atoms with E-state index in [1.807, 2.05) is 19.1 Å². The molecule has 2 aliphatic heterocycles. The summed E-state index contributed by atoms with van der Waals surface area (Å²) < 4.78 is 49.8. The van der Waals surface area contributed by atoms with Gasteiger partial charge in [-0.15, -0.1) is 12.6 Å². The van der Waals surface area contributed by atoms with Crippen molar-refractivity contribution in [3.63, 3.8) is 0 Å². The highest BCUT2D eigenvalue weighted by Gasteiger charge is 2.30. The maximum absolute atomic E-state index is 11.9. The first-order valence-electron chi connectivity index (χ1n) is 15.0. The minimum Gasteiger partial charge on any atom is -0.450 e. The van der Waals surface area contributed by atoms with Gasteiger partial charge < -0.3 is 30.2 Å². The highest BCUT2D eigenvalue weighted by atomic mass is 32.1. The van der Waals surface area contributed by atoms with Crippen molar-refractivity contribution in [1.29, 1.82) is 0 Å². The van der Waals surface area contributed by atoms with Crippen LogP contribution in [0.15, 0.2) is 53.0 Å². The minimum atomic E-state index is -4.27. The first-order valence-corrected chi connectivity index (χ1v) is 15.4. The lowest BCUT2D eigenvalue weighted by atomic mass is 10.0. The summed E-state index contributed by atoms with van der Waals surface area (Å²) in [5, 5.41) is 8.73. The third-order valence-electron chi connectivity index (χ3n) is 6.17. The predicted octanol–water partition coefficient (Wildman–Crippen LogP) is 5.94. The molecule has 2 aliphatic rings. The van der Waals surface area contributed by atoms with Crippen molar-refractivity contribution in [2.45, 2.75) is 82.5 Å². The zero-order valence-electron chi connectivity index (χ0n) is 27.3. The predicted molar refractivity (Wildman–Crippen MR) is 177 cm³/mol. The molecular weight excluding hydrogens is 607 g/mol. The fourth-order valence-corrected chi connectivity index (χ4v) is 3.95. The lowest BCUT2D eigenvalue weighted by Gasteiger charge is -2.21. The van der Waals surface area contributed by atoms with E-state index < -0.39 is 11.7 Å². The van der Waals surface area contributed by atoms with Crippen LogP contribution in [0.1, 0.15) is 64.9 Å². The zero-order chi connectivity index (χ0) is 34.3. The number of rotatable bonds is 8. The summed E-state index contributed by atoms with van der Waals surface area (Å²) in [4.78, 5) is 21.5. The molecule has 0 saturated carbocycles. The number of methoxy groups -OCH3 is 2. The number of terminal acetylenes is 1. The average Bonchev–Trinajstić information content (AvgIpc) is 3.05. The Labute approximate surface area is 273 Å². The number of likely N-dealkylation sites (N-methyl/N-ethyl adjacent to an activating group) is 1. The van der Waals surface area contributed by atoms with Crippen LogP contribution in [0.2, 0.25) is 0 Å². The van der Waals surface area contributed by atoms with Crippen LogP contribution < -0.4 is 16.0 Å². The number of allylic oxidation sites excluding steroid dienone is 3. The first-order chi connectivity index (χ1) is 21.5. The molecule has 0 radical (unpaired) electrons. The number of hydrogen-bond donors (Lipinski definition) is 4. The third-order valence-corrected chi connectivity index (χ3v) is 6.45. The van der Waals surface area contributed by atoms with E-state index in [1.165, 1.54) is 37.7 Å². The average molecular weight is 660 g/mol. The van der Waals surface area contributed by atoms with Gasteiger partial charge in [0.2, 0.25) is 12.3 Å². The molecule has 0 aromatic heterocycles.